The maximum absolute atomic E-state index is 13.0. The van der Waals surface area contributed by atoms with Crippen molar-refractivity contribution in [1.82, 2.24) is 14.8 Å². The fourth-order valence-electron chi connectivity index (χ4n) is 2.22. The van der Waals surface area contributed by atoms with Crippen molar-refractivity contribution in [3.8, 4) is 17.3 Å². The fraction of sp³-hybridized carbons (Fsp3) is 0.200. The molecule has 0 radical (unpaired) electrons. The van der Waals surface area contributed by atoms with E-state index in [4.69, 9.17) is 4.42 Å². The normalized spacial score (nSPS) is 12.6. The molecule has 0 aliphatic heterocycles. The number of aryl methyl sites for hydroxylation is 1. The summed E-state index contributed by atoms with van der Waals surface area (Å²) in [5.74, 6) is -0.380. The van der Waals surface area contributed by atoms with Gasteiger partial charge in [-0.3, -0.25) is 0 Å². The second kappa shape index (κ2) is 5.64. The summed E-state index contributed by atoms with van der Waals surface area (Å²) in [6, 6.07) is 4.92. The molecule has 0 spiro atoms. The van der Waals surface area contributed by atoms with Crippen LogP contribution >= 0.6 is 0 Å². The Labute approximate surface area is 136 Å². The topological polar surface area (TPSA) is 43.9 Å². The molecule has 0 bridgehead atoms. The lowest BCUT2D eigenvalue weighted by atomic mass is 10.2. The second-order valence-electron chi connectivity index (χ2n) is 5.15. The van der Waals surface area contributed by atoms with E-state index in [0.29, 0.717) is 16.8 Å². The zero-order valence-electron chi connectivity index (χ0n) is 12.5. The molecule has 0 saturated heterocycles. The van der Waals surface area contributed by atoms with Crippen LogP contribution in [0.5, 0.6) is 0 Å². The Morgan fingerprint density at radius 3 is 2.28 bits per heavy atom. The van der Waals surface area contributed by atoms with E-state index in [1.807, 2.05) is 0 Å². The molecule has 10 heteroatoms. The zero-order valence-corrected chi connectivity index (χ0v) is 12.5. The third-order valence-corrected chi connectivity index (χ3v) is 3.26. The number of pyridine rings is 1. The number of nitrogens with zero attached hydrogens (tertiary/aromatic N) is 3. The summed E-state index contributed by atoms with van der Waals surface area (Å²) < 4.78 is 83.6. The molecule has 4 nitrogen and oxygen atoms in total. The van der Waals surface area contributed by atoms with E-state index < -0.39 is 29.4 Å². The van der Waals surface area contributed by atoms with E-state index in [2.05, 4.69) is 10.1 Å². The average molecular weight is 361 g/mol. The molecular weight excluding hydrogens is 352 g/mol. The van der Waals surface area contributed by atoms with Gasteiger partial charge in [0.25, 0.3) is 0 Å². The van der Waals surface area contributed by atoms with Gasteiger partial charge in [-0.15, -0.1) is 0 Å². The van der Waals surface area contributed by atoms with Crippen molar-refractivity contribution in [2.45, 2.75) is 19.3 Å². The first kappa shape index (κ1) is 17.1. The number of aromatic nitrogens is 3. The van der Waals surface area contributed by atoms with Crippen LogP contribution in [-0.2, 0) is 12.4 Å². The summed E-state index contributed by atoms with van der Waals surface area (Å²) in [6.07, 6.45) is -8.22. The van der Waals surface area contributed by atoms with Crippen molar-refractivity contribution in [2.24, 2.45) is 0 Å². The minimum Gasteiger partial charge on any atom is -0.463 e. The SMILES string of the molecule is Cc1cc(C(F)(F)F)cc(-n2nc(C(F)(F)F)cc2-c2ccco2)n1. The van der Waals surface area contributed by atoms with Crippen LogP contribution in [0.25, 0.3) is 17.3 Å². The molecule has 0 aliphatic carbocycles. The van der Waals surface area contributed by atoms with Gasteiger partial charge in [-0.05, 0) is 31.2 Å². The molecule has 3 aromatic rings. The Morgan fingerprint density at radius 2 is 1.72 bits per heavy atom. The number of alkyl halides is 6. The van der Waals surface area contributed by atoms with Gasteiger partial charge in [0, 0.05) is 11.8 Å². The Hall–Kier alpha value is -2.78. The van der Waals surface area contributed by atoms with Crippen LogP contribution in [0.15, 0.2) is 41.0 Å². The van der Waals surface area contributed by atoms with Crippen molar-refractivity contribution in [1.29, 1.82) is 0 Å². The number of rotatable bonds is 2. The Morgan fingerprint density at radius 1 is 1.00 bits per heavy atom. The molecular formula is C15H9F6N3O. The summed E-state index contributed by atoms with van der Waals surface area (Å²) in [4.78, 5) is 3.87. The quantitative estimate of drug-likeness (QED) is 0.612. The number of halogens is 6. The summed E-state index contributed by atoms with van der Waals surface area (Å²) >= 11 is 0. The summed E-state index contributed by atoms with van der Waals surface area (Å²) in [5.41, 5.74) is -2.48. The fourth-order valence-corrected chi connectivity index (χ4v) is 2.22. The van der Waals surface area contributed by atoms with Gasteiger partial charge < -0.3 is 4.42 Å². The lowest BCUT2D eigenvalue weighted by molar-refractivity contribution is -0.141. The van der Waals surface area contributed by atoms with Gasteiger partial charge in [-0.2, -0.15) is 31.4 Å². The largest absolute Gasteiger partial charge is 0.463 e. The van der Waals surface area contributed by atoms with Gasteiger partial charge in [0.05, 0.1) is 11.8 Å². The van der Waals surface area contributed by atoms with Crippen molar-refractivity contribution < 1.29 is 30.8 Å². The third-order valence-electron chi connectivity index (χ3n) is 3.26. The zero-order chi connectivity index (χ0) is 18.4. The molecule has 0 aromatic carbocycles. The van der Waals surface area contributed by atoms with E-state index >= 15 is 0 Å². The standard InChI is InChI=1S/C15H9F6N3O/c1-8-5-9(14(16,17)18)6-13(22-8)24-10(11-3-2-4-25-11)7-12(23-24)15(19,20)21/h2-7H,1H3. The van der Waals surface area contributed by atoms with Crippen LogP contribution in [0, 0.1) is 6.92 Å². The molecule has 0 saturated carbocycles. The Kier molecular flexibility index (Phi) is 3.85. The molecule has 132 valence electrons. The molecule has 0 unspecified atom stereocenters. The van der Waals surface area contributed by atoms with Gasteiger partial charge >= 0.3 is 12.4 Å². The van der Waals surface area contributed by atoms with Gasteiger partial charge in [0.15, 0.2) is 17.3 Å². The smallest absolute Gasteiger partial charge is 0.435 e. The van der Waals surface area contributed by atoms with Crippen LogP contribution in [0.4, 0.5) is 26.3 Å². The van der Waals surface area contributed by atoms with Crippen molar-refractivity contribution >= 4 is 0 Å². The van der Waals surface area contributed by atoms with E-state index in [0.717, 1.165) is 6.07 Å². The van der Waals surface area contributed by atoms with Crippen LogP contribution < -0.4 is 0 Å². The van der Waals surface area contributed by atoms with Gasteiger partial charge in [0.1, 0.15) is 5.69 Å². The van der Waals surface area contributed by atoms with Crippen molar-refractivity contribution in [2.75, 3.05) is 0 Å². The molecule has 0 aliphatic rings. The first-order chi connectivity index (χ1) is 11.6. The van der Waals surface area contributed by atoms with Gasteiger partial charge in [0.2, 0.25) is 0 Å². The molecule has 0 fully saturated rings. The lowest BCUT2D eigenvalue weighted by Gasteiger charge is -2.11. The minimum absolute atomic E-state index is 0.0138. The molecule has 0 N–H and O–H groups in total. The molecule has 25 heavy (non-hydrogen) atoms. The third kappa shape index (κ3) is 3.37. The molecule has 0 atom stereocenters. The maximum Gasteiger partial charge on any atom is 0.435 e. The Bertz CT molecular complexity index is 893. The average Bonchev–Trinajstić information content (AvgIpc) is 3.14. The van der Waals surface area contributed by atoms with E-state index in [1.165, 1.54) is 25.3 Å². The van der Waals surface area contributed by atoms with E-state index in [1.54, 1.807) is 0 Å². The molecule has 3 heterocycles. The van der Waals surface area contributed by atoms with Crippen LogP contribution in [0.2, 0.25) is 0 Å². The number of hydrogen-bond donors (Lipinski definition) is 0. The number of furan rings is 1. The molecule has 0 amide bonds. The predicted octanol–water partition coefficient (Wildman–Crippen LogP) is 4.87. The highest BCUT2D eigenvalue weighted by molar-refractivity contribution is 5.56. The highest BCUT2D eigenvalue weighted by atomic mass is 19.4. The van der Waals surface area contributed by atoms with Crippen molar-refractivity contribution in [3.05, 3.63) is 53.5 Å². The van der Waals surface area contributed by atoms with E-state index in [-0.39, 0.29) is 17.1 Å². The van der Waals surface area contributed by atoms with E-state index in [9.17, 15) is 26.3 Å². The van der Waals surface area contributed by atoms with Gasteiger partial charge in [-0.25, -0.2) is 9.67 Å². The molecule has 3 rings (SSSR count). The maximum atomic E-state index is 13.0. The first-order valence-corrected chi connectivity index (χ1v) is 6.83. The monoisotopic (exact) mass is 361 g/mol. The number of hydrogen-bond acceptors (Lipinski definition) is 3. The summed E-state index contributed by atoms with van der Waals surface area (Å²) in [7, 11) is 0. The van der Waals surface area contributed by atoms with Gasteiger partial charge in [-0.1, -0.05) is 0 Å². The predicted molar refractivity (Wildman–Crippen MR) is 73.8 cm³/mol. The van der Waals surface area contributed by atoms with Crippen LogP contribution in [-0.4, -0.2) is 14.8 Å². The van der Waals surface area contributed by atoms with Crippen LogP contribution in [0.1, 0.15) is 17.0 Å². The lowest BCUT2D eigenvalue weighted by Crippen LogP contribution is -2.11. The first-order valence-electron chi connectivity index (χ1n) is 6.83. The molecule has 3 aromatic heterocycles. The highest BCUT2D eigenvalue weighted by Gasteiger charge is 2.36. The summed E-state index contributed by atoms with van der Waals surface area (Å²) in [6.45, 7) is 1.31. The summed E-state index contributed by atoms with van der Waals surface area (Å²) in [5, 5.41) is 3.37. The van der Waals surface area contributed by atoms with Crippen LogP contribution in [0.3, 0.4) is 0 Å². The second-order valence-corrected chi connectivity index (χ2v) is 5.15. The Balaban J connectivity index is 2.23. The van der Waals surface area contributed by atoms with Crippen molar-refractivity contribution in [3.63, 3.8) is 0 Å². The highest BCUT2D eigenvalue weighted by Crippen LogP contribution is 2.35. The minimum atomic E-state index is -4.77.